The summed E-state index contributed by atoms with van der Waals surface area (Å²) in [5.74, 6) is 2.75. The lowest BCUT2D eigenvalue weighted by Gasteiger charge is -2.19. The first-order chi connectivity index (χ1) is 28.2. The summed E-state index contributed by atoms with van der Waals surface area (Å²) < 4.78 is 11.6. The molecule has 7 aromatic carbocycles. The van der Waals surface area contributed by atoms with E-state index in [1.165, 1.54) is 53.1 Å². The van der Waals surface area contributed by atoms with E-state index < -0.39 is 0 Å². The fourth-order valence-electron chi connectivity index (χ4n) is 8.76. The van der Waals surface area contributed by atoms with Gasteiger partial charge in [0.05, 0.1) is 16.6 Å². The number of fused-ring (bicyclic) bond motifs is 9. The zero-order valence-corrected chi connectivity index (χ0v) is 31.4. The van der Waals surface area contributed by atoms with Crippen molar-refractivity contribution in [3.05, 3.63) is 193 Å². The summed E-state index contributed by atoms with van der Waals surface area (Å²) in [5.41, 5.74) is 9.85. The van der Waals surface area contributed by atoms with Crippen molar-refractivity contribution < 1.29 is 4.74 Å². The monoisotopic (exact) mass is 748 g/mol. The molecule has 4 heterocycles. The van der Waals surface area contributed by atoms with Gasteiger partial charge in [-0.2, -0.15) is 0 Å². The number of hydrogen-bond acceptors (Lipinski definition) is 5. The van der Waals surface area contributed by atoms with Gasteiger partial charge in [-0.15, -0.1) is 11.3 Å². The molecule has 10 aromatic rings. The van der Waals surface area contributed by atoms with E-state index in [0.29, 0.717) is 17.5 Å². The standard InChI is InChI=1S/C51H32N4OS/c1-3-13-31(14-4-1)49-52-50(54-51(53-49)40-22-12-20-38-36-18-8-10-24-46(36)57-48(38)40)39-21-11-19-37-42-30-33(26-28-45(42)56-47(37)39)32-25-27-44-41(29-32)35-17-7-9-23-43(35)55(44)34-15-5-2-6-16-34/h1-30,42,45H. The SMILES string of the molecule is C1=CC2Oc3c(-c4nc(-c5ccccc5)nc(-c5cccc6c5sc5ccccc56)n4)cccc3C2C=C1c1ccc2c(c1)c1ccccc1n2-c1ccccc1. The molecule has 0 amide bonds. The lowest BCUT2D eigenvalue weighted by Crippen LogP contribution is -2.17. The van der Waals surface area contributed by atoms with E-state index in [2.05, 4.69) is 168 Å². The van der Waals surface area contributed by atoms with Crippen molar-refractivity contribution in [3.63, 3.8) is 0 Å². The zero-order chi connectivity index (χ0) is 37.5. The number of benzene rings is 7. The highest BCUT2D eigenvalue weighted by Crippen LogP contribution is 2.48. The molecule has 2 unspecified atom stereocenters. The molecular formula is C51H32N4OS. The number of para-hydroxylation sites is 3. The molecule has 3 aromatic heterocycles. The quantitative estimate of drug-likeness (QED) is 0.176. The predicted octanol–water partition coefficient (Wildman–Crippen LogP) is 12.8. The summed E-state index contributed by atoms with van der Waals surface area (Å²) in [6, 6.07) is 57.6. The predicted molar refractivity (Wildman–Crippen MR) is 234 cm³/mol. The molecule has 0 saturated heterocycles. The van der Waals surface area contributed by atoms with Crippen LogP contribution in [0.4, 0.5) is 0 Å². The van der Waals surface area contributed by atoms with Gasteiger partial charge in [0.2, 0.25) is 0 Å². The summed E-state index contributed by atoms with van der Waals surface area (Å²) in [5, 5.41) is 4.93. The maximum absolute atomic E-state index is 6.83. The molecule has 12 rings (SSSR count). The summed E-state index contributed by atoms with van der Waals surface area (Å²) >= 11 is 1.78. The Kier molecular flexibility index (Phi) is 7.16. The van der Waals surface area contributed by atoms with Gasteiger partial charge in [0.25, 0.3) is 0 Å². The minimum Gasteiger partial charge on any atom is -0.484 e. The molecule has 0 radical (unpaired) electrons. The number of aromatic nitrogens is 4. The molecule has 268 valence electrons. The third-order valence-electron chi connectivity index (χ3n) is 11.4. The van der Waals surface area contributed by atoms with E-state index in [1.807, 2.05) is 18.2 Å². The van der Waals surface area contributed by atoms with Gasteiger partial charge in [0.1, 0.15) is 11.9 Å². The van der Waals surface area contributed by atoms with Gasteiger partial charge < -0.3 is 9.30 Å². The first kappa shape index (κ1) is 32.1. The van der Waals surface area contributed by atoms with Gasteiger partial charge in [-0.25, -0.2) is 15.0 Å². The number of rotatable bonds is 5. The Morgan fingerprint density at radius 3 is 2.09 bits per heavy atom. The molecule has 1 aliphatic heterocycles. The van der Waals surface area contributed by atoms with Crippen molar-refractivity contribution in [1.82, 2.24) is 19.5 Å². The van der Waals surface area contributed by atoms with Gasteiger partial charge in [-0.1, -0.05) is 127 Å². The van der Waals surface area contributed by atoms with E-state index in [-0.39, 0.29) is 12.0 Å². The van der Waals surface area contributed by atoms with Crippen LogP contribution in [0.1, 0.15) is 17.0 Å². The molecule has 0 bridgehead atoms. The maximum atomic E-state index is 6.83. The molecule has 5 nitrogen and oxygen atoms in total. The average molecular weight is 749 g/mol. The van der Waals surface area contributed by atoms with Crippen LogP contribution in [0.3, 0.4) is 0 Å². The Morgan fingerprint density at radius 1 is 0.526 bits per heavy atom. The lowest BCUT2D eigenvalue weighted by molar-refractivity contribution is 0.270. The largest absolute Gasteiger partial charge is 0.484 e. The summed E-state index contributed by atoms with van der Waals surface area (Å²) in [6.45, 7) is 0. The molecule has 0 spiro atoms. The maximum Gasteiger partial charge on any atom is 0.167 e. The molecule has 0 fully saturated rings. The highest BCUT2D eigenvalue weighted by atomic mass is 32.1. The van der Waals surface area contributed by atoms with Crippen molar-refractivity contribution in [2.24, 2.45) is 0 Å². The van der Waals surface area contributed by atoms with E-state index in [4.69, 9.17) is 19.7 Å². The van der Waals surface area contributed by atoms with Crippen LogP contribution in [0.2, 0.25) is 0 Å². The lowest BCUT2D eigenvalue weighted by atomic mass is 9.86. The number of nitrogens with zero attached hydrogens (tertiary/aromatic N) is 4. The summed E-state index contributed by atoms with van der Waals surface area (Å²) in [4.78, 5) is 15.5. The molecule has 2 atom stereocenters. The van der Waals surface area contributed by atoms with Gasteiger partial charge in [0.15, 0.2) is 17.5 Å². The number of hydrogen-bond donors (Lipinski definition) is 0. The average Bonchev–Trinajstić information content (AvgIpc) is 3.96. The normalized spacial score (nSPS) is 15.9. The second-order valence-corrected chi connectivity index (χ2v) is 15.7. The van der Waals surface area contributed by atoms with E-state index >= 15 is 0 Å². The third-order valence-corrected chi connectivity index (χ3v) is 12.6. The van der Waals surface area contributed by atoms with E-state index in [0.717, 1.165) is 33.7 Å². The van der Waals surface area contributed by atoms with Gasteiger partial charge >= 0.3 is 0 Å². The van der Waals surface area contributed by atoms with Crippen LogP contribution in [0.25, 0.3) is 87.4 Å². The Morgan fingerprint density at radius 2 is 1.21 bits per heavy atom. The van der Waals surface area contributed by atoms with Crippen LogP contribution >= 0.6 is 11.3 Å². The Labute approximate surface area is 332 Å². The highest BCUT2D eigenvalue weighted by molar-refractivity contribution is 7.26. The molecule has 1 aliphatic carbocycles. The second-order valence-electron chi connectivity index (χ2n) is 14.7. The number of thiophene rings is 1. The van der Waals surface area contributed by atoms with Crippen molar-refractivity contribution in [2.45, 2.75) is 12.0 Å². The van der Waals surface area contributed by atoms with Crippen molar-refractivity contribution in [2.75, 3.05) is 0 Å². The first-order valence-corrected chi connectivity index (χ1v) is 20.1. The highest BCUT2D eigenvalue weighted by Gasteiger charge is 2.36. The first-order valence-electron chi connectivity index (χ1n) is 19.3. The zero-order valence-electron chi connectivity index (χ0n) is 30.6. The van der Waals surface area contributed by atoms with E-state index in [1.54, 1.807) is 11.3 Å². The van der Waals surface area contributed by atoms with Crippen LogP contribution in [0.5, 0.6) is 5.75 Å². The van der Waals surface area contributed by atoms with Crippen LogP contribution in [-0.2, 0) is 0 Å². The molecular weight excluding hydrogens is 717 g/mol. The van der Waals surface area contributed by atoms with Crippen LogP contribution in [-0.4, -0.2) is 25.6 Å². The van der Waals surface area contributed by atoms with Crippen molar-refractivity contribution in [1.29, 1.82) is 0 Å². The topological polar surface area (TPSA) is 52.8 Å². The van der Waals surface area contributed by atoms with Crippen molar-refractivity contribution >= 4 is 58.9 Å². The summed E-state index contributed by atoms with van der Waals surface area (Å²) in [7, 11) is 0. The fraction of sp³-hybridized carbons (Fsp3) is 0.0392. The molecule has 0 N–H and O–H groups in total. The third kappa shape index (κ3) is 5.11. The second kappa shape index (κ2) is 12.7. The van der Waals surface area contributed by atoms with Gasteiger partial charge in [-0.3, -0.25) is 0 Å². The number of ether oxygens (including phenoxy) is 1. The Balaban J connectivity index is 0.971. The Hall–Kier alpha value is -7.15. The Bertz CT molecular complexity index is 3290. The van der Waals surface area contributed by atoms with Gasteiger partial charge in [-0.05, 0) is 65.7 Å². The molecule has 2 aliphatic rings. The number of allylic oxidation sites excluding steroid dienone is 2. The van der Waals surface area contributed by atoms with Crippen LogP contribution in [0.15, 0.2) is 182 Å². The van der Waals surface area contributed by atoms with Crippen LogP contribution < -0.4 is 4.74 Å². The van der Waals surface area contributed by atoms with E-state index in [9.17, 15) is 0 Å². The smallest absolute Gasteiger partial charge is 0.167 e. The summed E-state index contributed by atoms with van der Waals surface area (Å²) in [6.07, 6.45) is 6.66. The fourth-order valence-corrected chi connectivity index (χ4v) is 9.97. The molecule has 6 heteroatoms. The molecule has 57 heavy (non-hydrogen) atoms. The minimum atomic E-state index is -0.129. The van der Waals surface area contributed by atoms with Crippen LogP contribution in [0, 0.1) is 0 Å². The van der Waals surface area contributed by atoms with Crippen molar-refractivity contribution in [3.8, 4) is 45.6 Å². The van der Waals surface area contributed by atoms with Gasteiger partial charge in [0, 0.05) is 59.2 Å². The molecule has 0 saturated carbocycles. The minimum absolute atomic E-state index is 0.0449.